The molecular formula is C21H13Cl2N3O2S. The highest BCUT2D eigenvalue weighted by atomic mass is 35.5. The highest BCUT2D eigenvalue weighted by Gasteiger charge is 2.16. The van der Waals surface area contributed by atoms with E-state index in [1.807, 2.05) is 30.3 Å². The Hall–Kier alpha value is -2.93. The number of hydrogen-bond acceptors (Lipinski definition) is 4. The van der Waals surface area contributed by atoms with Crippen molar-refractivity contribution in [2.24, 2.45) is 0 Å². The summed E-state index contributed by atoms with van der Waals surface area (Å²) in [7, 11) is 0. The van der Waals surface area contributed by atoms with E-state index >= 15 is 0 Å². The number of rotatable bonds is 3. The van der Waals surface area contributed by atoms with Crippen LogP contribution in [0.1, 0.15) is 10.6 Å². The van der Waals surface area contributed by atoms with Gasteiger partial charge in [0.05, 0.1) is 21.2 Å². The average Bonchev–Trinajstić information content (AvgIpc) is 3.20. The first-order valence-electron chi connectivity index (χ1n) is 8.53. The van der Waals surface area contributed by atoms with Gasteiger partial charge in [0.25, 0.3) is 5.91 Å². The minimum atomic E-state index is -0.486. The number of carbonyl (C=O) groups excluding carboxylic acids is 1. The molecule has 0 fully saturated rings. The molecule has 0 radical (unpaired) electrons. The molecular weight excluding hydrogens is 429 g/mol. The summed E-state index contributed by atoms with van der Waals surface area (Å²) < 4.78 is 5.63. The number of fused-ring (bicyclic) bond motifs is 1. The molecule has 0 atom stereocenters. The number of nitrogens with one attached hydrogen (secondary N) is 2. The summed E-state index contributed by atoms with van der Waals surface area (Å²) >= 11 is 17.5. The van der Waals surface area contributed by atoms with Crippen molar-refractivity contribution in [1.82, 2.24) is 10.3 Å². The molecule has 2 aromatic carbocycles. The van der Waals surface area contributed by atoms with Crippen molar-refractivity contribution in [1.29, 1.82) is 0 Å². The Morgan fingerprint density at radius 1 is 1.00 bits per heavy atom. The number of halogens is 2. The minimum absolute atomic E-state index is 0.0937. The third-order valence-corrected chi connectivity index (χ3v) is 5.18. The average molecular weight is 442 g/mol. The van der Waals surface area contributed by atoms with Gasteiger partial charge in [0.1, 0.15) is 5.76 Å². The van der Waals surface area contributed by atoms with E-state index in [2.05, 4.69) is 15.6 Å². The second kappa shape index (κ2) is 8.21. The summed E-state index contributed by atoms with van der Waals surface area (Å²) in [6.07, 6.45) is 1.69. The Bertz CT molecular complexity index is 1230. The molecule has 29 heavy (non-hydrogen) atoms. The predicted molar refractivity (Wildman–Crippen MR) is 120 cm³/mol. The monoisotopic (exact) mass is 441 g/mol. The number of pyridine rings is 1. The molecule has 0 saturated heterocycles. The lowest BCUT2D eigenvalue weighted by Gasteiger charge is -2.10. The van der Waals surface area contributed by atoms with E-state index in [0.29, 0.717) is 27.1 Å². The number of benzene rings is 2. The maximum absolute atomic E-state index is 12.5. The Balaban J connectivity index is 1.49. The Morgan fingerprint density at radius 2 is 1.79 bits per heavy atom. The zero-order chi connectivity index (χ0) is 20.4. The molecule has 8 heteroatoms. The van der Waals surface area contributed by atoms with Gasteiger partial charge in [0, 0.05) is 17.1 Å². The van der Waals surface area contributed by atoms with Crippen LogP contribution in [-0.4, -0.2) is 16.0 Å². The first-order valence-corrected chi connectivity index (χ1v) is 9.69. The number of anilines is 1. The fourth-order valence-electron chi connectivity index (χ4n) is 2.82. The highest BCUT2D eigenvalue weighted by molar-refractivity contribution is 7.80. The lowest BCUT2D eigenvalue weighted by molar-refractivity contribution is 0.0951. The van der Waals surface area contributed by atoms with Crippen molar-refractivity contribution in [3.63, 3.8) is 0 Å². The van der Waals surface area contributed by atoms with Gasteiger partial charge in [-0.25, -0.2) is 0 Å². The van der Waals surface area contributed by atoms with Gasteiger partial charge in [0.15, 0.2) is 10.9 Å². The van der Waals surface area contributed by atoms with Crippen molar-refractivity contribution in [3.8, 4) is 11.3 Å². The van der Waals surface area contributed by atoms with E-state index in [1.54, 1.807) is 36.5 Å². The topological polar surface area (TPSA) is 67.2 Å². The van der Waals surface area contributed by atoms with E-state index in [9.17, 15) is 4.79 Å². The first kappa shape index (κ1) is 19.4. The normalized spacial score (nSPS) is 10.7. The third kappa shape index (κ3) is 4.10. The van der Waals surface area contributed by atoms with E-state index in [0.717, 1.165) is 10.9 Å². The first-order chi connectivity index (χ1) is 14.0. The fourth-order valence-corrected chi connectivity index (χ4v) is 3.42. The molecule has 0 aliphatic heterocycles. The molecule has 2 heterocycles. The van der Waals surface area contributed by atoms with E-state index in [-0.39, 0.29) is 10.9 Å². The molecule has 0 spiro atoms. The maximum Gasteiger partial charge on any atom is 0.293 e. The van der Waals surface area contributed by atoms with Gasteiger partial charge < -0.3 is 9.73 Å². The number of hydrogen-bond donors (Lipinski definition) is 2. The smallest absolute Gasteiger partial charge is 0.293 e. The predicted octanol–water partition coefficient (Wildman–Crippen LogP) is 5.93. The molecule has 2 N–H and O–H groups in total. The molecule has 0 bridgehead atoms. The Labute approximate surface area is 181 Å². The van der Waals surface area contributed by atoms with Gasteiger partial charge in [-0.2, -0.15) is 0 Å². The van der Waals surface area contributed by atoms with Crippen LogP contribution in [-0.2, 0) is 0 Å². The molecule has 4 aromatic rings. The summed E-state index contributed by atoms with van der Waals surface area (Å²) in [5, 5.41) is 7.45. The quantitative estimate of drug-likeness (QED) is 0.385. The van der Waals surface area contributed by atoms with Crippen LogP contribution in [0.15, 0.2) is 71.3 Å². The number of thiocarbonyl (C=S) groups is 1. The zero-order valence-electron chi connectivity index (χ0n) is 14.8. The number of aromatic nitrogens is 1. The van der Waals surface area contributed by atoms with Crippen molar-refractivity contribution in [3.05, 3.63) is 82.7 Å². The third-order valence-electron chi connectivity index (χ3n) is 4.15. The van der Waals surface area contributed by atoms with Crippen LogP contribution >= 0.6 is 35.4 Å². The van der Waals surface area contributed by atoms with Gasteiger partial charge in [-0.3, -0.25) is 15.1 Å². The molecule has 2 aromatic heterocycles. The van der Waals surface area contributed by atoms with Crippen molar-refractivity contribution in [2.45, 2.75) is 0 Å². The van der Waals surface area contributed by atoms with Crippen LogP contribution < -0.4 is 10.6 Å². The molecule has 0 aliphatic rings. The van der Waals surface area contributed by atoms with E-state index < -0.39 is 5.91 Å². The fraction of sp³-hybridized carbons (Fsp3) is 0. The summed E-state index contributed by atoms with van der Waals surface area (Å²) in [6, 6.07) is 17.8. The van der Waals surface area contributed by atoms with Crippen LogP contribution in [0.3, 0.4) is 0 Å². The minimum Gasteiger partial charge on any atom is -0.451 e. The van der Waals surface area contributed by atoms with Crippen molar-refractivity contribution in [2.75, 3.05) is 5.32 Å². The summed E-state index contributed by atoms with van der Waals surface area (Å²) in [5.74, 6) is 0.0381. The second-order valence-electron chi connectivity index (χ2n) is 6.05. The highest BCUT2D eigenvalue weighted by Crippen LogP contribution is 2.34. The molecule has 144 valence electrons. The SMILES string of the molecule is O=C(NC(=S)Nc1cccc2cccnc12)c1ccc(-c2cccc(Cl)c2Cl)o1. The molecule has 0 aliphatic carbocycles. The summed E-state index contributed by atoms with van der Waals surface area (Å²) in [6.45, 7) is 0. The number of carbonyl (C=O) groups is 1. The van der Waals surface area contributed by atoms with Crippen molar-refractivity contribution < 1.29 is 9.21 Å². The standard InChI is InChI=1S/C21H13Cl2N3O2S/c22-14-7-2-6-13(18(14)23)16-9-10-17(28-16)20(27)26-21(29)25-15-8-1-4-12-5-3-11-24-19(12)15/h1-11H,(H2,25,26,27,29). The van der Waals surface area contributed by atoms with Crippen LogP contribution in [0.25, 0.3) is 22.2 Å². The number of amides is 1. The zero-order valence-corrected chi connectivity index (χ0v) is 17.1. The van der Waals surface area contributed by atoms with Gasteiger partial charge in [-0.05, 0) is 48.6 Å². The van der Waals surface area contributed by atoms with Crippen LogP contribution in [0.4, 0.5) is 5.69 Å². The number of para-hydroxylation sites is 1. The molecule has 4 rings (SSSR count). The van der Waals surface area contributed by atoms with Gasteiger partial charge >= 0.3 is 0 Å². The molecule has 0 saturated carbocycles. The van der Waals surface area contributed by atoms with Gasteiger partial charge in [-0.15, -0.1) is 0 Å². The van der Waals surface area contributed by atoms with E-state index in [1.165, 1.54) is 0 Å². The largest absolute Gasteiger partial charge is 0.451 e. The van der Waals surface area contributed by atoms with Gasteiger partial charge in [-0.1, -0.05) is 47.5 Å². The second-order valence-corrected chi connectivity index (χ2v) is 7.25. The Kier molecular flexibility index (Phi) is 5.49. The van der Waals surface area contributed by atoms with Crippen LogP contribution in [0.5, 0.6) is 0 Å². The molecule has 1 amide bonds. The number of nitrogens with zero attached hydrogens (tertiary/aromatic N) is 1. The summed E-state index contributed by atoms with van der Waals surface area (Å²) in [4.78, 5) is 16.8. The molecule has 5 nitrogen and oxygen atoms in total. The van der Waals surface area contributed by atoms with Crippen LogP contribution in [0.2, 0.25) is 10.0 Å². The van der Waals surface area contributed by atoms with Crippen LogP contribution in [0, 0.1) is 0 Å². The lowest BCUT2D eigenvalue weighted by Crippen LogP contribution is -2.33. The van der Waals surface area contributed by atoms with E-state index in [4.69, 9.17) is 39.8 Å². The Morgan fingerprint density at radius 3 is 2.66 bits per heavy atom. The lowest BCUT2D eigenvalue weighted by atomic mass is 10.2. The van der Waals surface area contributed by atoms with Gasteiger partial charge in [0.2, 0.25) is 0 Å². The number of furan rings is 1. The van der Waals surface area contributed by atoms with Crippen molar-refractivity contribution >= 4 is 63.0 Å². The molecule has 0 unspecified atom stereocenters. The maximum atomic E-state index is 12.5. The summed E-state index contributed by atoms with van der Waals surface area (Å²) in [5.41, 5.74) is 2.04.